The number of rotatable bonds is 6. The lowest BCUT2D eigenvalue weighted by molar-refractivity contribution is -0.119. The summed E-state index contributed by atoms with van der Waals surface area (Å²) in [6.07, 6.45) is 1.46. The van der Waals surface area contributed by atoms with Crippen molar-refractivity contribution in [3.05, 3.63) is 54.1 Å². The second-order valence-corrected chi connectivity index (χ2v) is 4.47. The van der Waals surface area contributed by atoms with Crippen molar-refractivity contribution in [1.29, 1.82) is 0 Å². The van der Waals surface area contributed by atoms with E-state index in [1.54, 1.807) is 43.5 Å². The molecule has 0 heterocycles. The molecule has 114 valence electrons. The lowest BCUT2D eigenvalue weighted by Gasteiger charge is -2.06. The van der Waals surface area contributed by atoms with Crippen LogP contribution in [0.1, 0.15) is 5.56 Å². The molecule has 0 fully saturated rings. The average Bonchev–Trinajstić information content (AvgIpc) is 2.53. The number of nitrogens with zero attached hydrogens (tertiary/aromatic N) is 1. The van der Waals surface area contributed by atoms with Gasteiger partial charge in [0.25, 0.3) is 5.91 Å². The molecule has 0 bridgehead atoms. The Balaban J connectivity index is 1.77. The van der Waals surface area contributed by atoms with Gasteiger partial charge in [-0.2, -0.15) is 5.10 Å². The molecule has 22 heavy (non-hydrogen) atoms. The zero-order chi connectivity index (χ0) is 15.8. The van der Waals surface area contributed by atoms with Gasteiger partial charge in [0, 0.05) is 5.69 Å². The van der Waals surface area contributed by atoms with Gasteiger partial charge in [-0.15, -0.1) is 0 Å². The maximum Gasteiger partial charge on any atom is 0.259 e. The van der Waals surface area contributed by atoms with E-state index in [0.29, 0.717) is 5.56 Å². The van der Waals surface area contributed by atoms with Crippen molar-refractivity contribution in [2.45, 2.75) is 0 Å². The van der Waals surface area contributed by atoms with E-state index in [4.69, 9.17) is 4.74 Å². The van der Waals surface area contributed by atoms with Gasteiger partial charge in [-0.05, 0) is 42.0 Å². The molecular weight excluding hydrogens is 282 g/mol. The second kappa shape index (κ2) is 7.68. The first-order valence-corrected chi connectivity index (χ1v) is 6.66. The SMILES string of the molecule is COc1ccc(NCC(=O)NN=Cc2cccc(O)c2)cc1. The molecule has 2 rings (SSSR count). The highest BCUT2D eigenvalue weighted by Gasteiger charge is 2.00. The van der Waals surface area contributed by atoms with E-state index in [1.807, 2.05) is 12.1 Å². The summed E-state index contributed by atoms with van der Waals surface area (Å²) >= 11 is 0. The predicted octanol–water partition coefficient (Wildman–Crippen LogP) is 1.96. The first-order chi connectivity index (χ1) is 10.7. The zero-order valence-electron chi connectivity index (χ0n) is 12.1. The number of hydrogen-bond donors (Lipinski definition) is 3. The van der Waals surface area contributed by atoms with Crippen LogP contribution in [-0.4, -0.2) is 30.9 Å². The van der Waals surface area contributed by atoms with Gasteiger partial charge in [-0.3, -0.25) is 4.79 Å². The fourth-order valence-corrected chi connectivity index (χ4v) is 1.71. The molecule has 0 aliphatic rings. The smallest absolute Gasteiger partial charge is 0.259 e. The van der Waals surface area contributed by atoms with Crippen molar-refractivity contribution < 1.29 is 14.6 Å². The summed E-state index contributed by atoms with van der Waals surface area (Å²) in [5.41, 5.74) is 3.92. The van der Waals surface area contributed by atoms with Crippen LogP contribution in [0.2, 0.25) is 0 Å². The Kier molecular flexibility index (Phi) is 5.37. The monoisotopic (exact) mass is 299 g/mol. The summed E-state index contributed by atoms with van der Waals surface area (Å²) in [7, 11) is 1.60. The van der Waals surface area contributed by atoms with E-state index in [-0.39, 0.29) is 18.2 Å². The largest absolute Gasteiger partial charge is 0.508 e. The number of amides is 1. The van der Waals surface area contributed by atoms with Gasteiger partial charge < -0.3 is 15.2 Å². The first-order valence-electron chi connectivity index (χ1n) is 6.66. The Bertz CT molecular complexity index is 654. The lowest BCUT2D eigenvalue weighted by atomic mass is 10.2. The topological polar surface area (TPSA) is 83.0 Å². The third-order valence-electron chi connectivity index (χ3n) is 2.82. The number of methoxy groups -OCH3 is 1. The van der Waals surface area contributed by atoms with Crippen LogP contribution in [0.4, 0.5) is 5.69 Å². The summed E-state index contributed by atoms with van der Waals surface area (Å²) in [4.78, 5) is 11.6. The van der Waals surface area contributed by atoms with Gasteiger partial charge in [0.05, 0.1) is 19.9 Å². The van der Waals surface area contributed by atoms with E-state index in [1.165, 1.54) is 6.21 Å². The van der Waals surface area contributed by atoms with Gasteiger partial charge in [-0.25, -0.2) is 5.43 Å². The molecule has 0 aromatic heterocycles. The van der Waals surface area contributed by atoms with Gasteiger partial charge in [-0.1, -0.05) is 12.1 Å². The van der Waals surface area contributed by atoms with E-state index < -0.39 is 0 Å². The fourth-order valence-electron chi connectivity index (χ4n) is 1.71. The van der Waals surface area contributed by atoms with Crippen molar-refractivity contribution in [2.24, 2.45) is 5.10 Å². The first kappa shape index (κ1) is 15.4. The second-order valence-electron chi connectivity index (χ2n) is 4.47. The number of carbonyl (C=O) groups is 1. The molecule has 0 saturated heterocycles. The summed E-state index contributed by atoms with van der Waals surface area (Å²) < 4.78 is 5.05. The molecule has 0 saturated carbocycles. The Labute approximate surface area is 128 Å². The Morgan fingerprint density at radius 2 is 2.05 bits per heavy atom. The fraction of sp³-hybridized carbons (Fsp3) is 0.125. The Hall–Kier alpha value is -3.02. The molecule has 6 heteroatoms. The molecular formula is C16H17N3O3. The zero-order valence-corrected chi connectivity index (χ0v) is 12.1. The highest BCUT2D eigenvalue weighted by Crippen LogP contribution is 2.14. The third kappa shape index (κ3) is 4.82. The van der Waals surface area contributed by atoms with E-state index >= 15 is 0 Å². The number of hydrazone groups is 1. The molecule has 2 aromatic rings. The Morgan fingerprint density at radius 1 is 1.27 bits per heavy atom. The maximum absolute atomic E-state index is 11.6. The van der Waals surface area contributed by atoms with Gasteiger partial charge in [0.1, 0.15) is 11.5 Å². The lowest BCUT2D eigenvalue weighted by Crippen LogP contribution is -2.25. The van der Waals surface area contributed by atoms with Crippen molar-refractivity contribution >= 4 is 17.8 Å². The summed E-state index contributed by atoms with van der Waals surface area (Å²) in [5.74, 6) is 0.634. The van der Waals surface area contributed by atoms with Gasteiger partial charge >= 0.3 is 0 Å². The van der Waals surface area contributed by atoms with Crippen molar-refractivity contribution in [3.63, 3.8) is 0 Å². The minimum Gasteiger partial charge on any atom is -0.508 e. The van der Waals surface area contributed by atoms with Crippen LogP contribution < -0.4 is 15.5 Å². The molecule has 0 unspecified atom stereocenters. The third-order valence-corrected chi connectivity index (χ3v) is 2.82. The molecule has 0 atom stereocenters. The van der Waals surface area contributed by atoms with Crippen LogP contribution in [-0.2, 0) is 4.79 Å². The summed E-state index contributed by atoms with van der Waals surface area (Å²) in [5, 5.41) is 16.1. The molecule has 0 spiro atoms. The summed E-state index contributed by atoms with van der Waals surface area (Å²) in [6.45, 7) is 0.101. The number of benzene rings is 2. The van der Waals surface area contributed by atoms with Crippen LogP contribution in [0.25, 0.3) is 0 Å². The molecule has 6 nitrogen and oxygen atoms in total. The van der Waals surface area contributed by atoms with Gasteiger partial charge in [0.2, 0.25) is 0 Å². The minimum atomic E-state index is -0.271. The Morgan fingerprint density at radius 3 is 2.73 bits per heavy atom. The number of phenolic OH excluding ortho intramolecular Hbond substituents is 1. The number of hydrogen-bond acceptors (Lipinski definition) is 5. The number of nitrogens with one attached hydrogen (secondary N) is 2. The highest BCUT2D eigenvalue weighted by molar-refractivity contribution is 5.84. The van der Waals surface area contributed by atoms with Crippen molar-refractivity contribution in [1.82, 2.24) is 5.43 Å². The van der Waals surface area contributed by atoms with Crippen LogP contribution in [0.15, 0.2) is 53.6 Å². The minimum absolute atomic E-state index is 0.101. The van der Waals surface area contributed by atoms with Crippen molar-refractivity contribution in [3.8, 4) is 11.5 Å². The average molecular weight is 299 g/mol. The number of anilines is 1. The van der Waals surface area contributed by atoms with E-state index in [2.05, 4.69) is 15.8 Å². The standard InChI is InChI=1S/C16H17N3O3/c1-22-15-7-5-13(6-8-15)17-11-16(21)19-18-10-12-3-2-4-14(20)9-12/h2-10,17,20H,11H2,1H3,(H,19,21). The van der Waals surface area contributed by atoms with Crippen LogP contribution in [0.3, 0.4) is 0 Å². The normalized spacial score (nSPS) is 10.4. The maximum atomic E-state index is 11.6. The number of aromatic hydroxyl groups is 1. The molecule has 0 aliphatic heterocycles. The van der Waals surface area contributed by atoms with Crippen LogP contribution in [0.5, 0.6) is 11.5 Å². The van der Waals surface area contributed by atoms with E-state index in [0.717, 1.165) is 11.4 Å². The molecule has 0 aliphatic carbocycles. The summed E-state index contributed by atoms with van der Waals surface area (Å²) in [6, 6.07) is 13.8. The van der Waals surface area contributed by atoms with Gasteiger partial charge in [0.15, 0.2) is 0 Å². The van der Waals surface area contributed by atoms with E-state index in [9.17, 15) is 9.90 Å². The molecule has 2 aromatic carbocycles. The molecule has 3 N–H and O–H groups in total. The molecule has 1 amide bonds. The van der Waals surface area contributed by atoms with Crippen LogP contribution >= 0.6 is 0 Å². The number of phenols is 1. The number of carbonyl (C=O) groups excluding carboxylic acids is 1. The predicted molar refractivity (Wildman–Crippen MR) is 85.3 cm³/mol. The van der Waals surface area contributed by atoms with Crippen molar-refractivity contribution in [2.75, 3.05) is 19.0 Å². The molecule has 0 radical (unpaired) electrons. The number of ether oxygens (including phenoxy) is 1. The highest BCUT2D eigenvalue weighted by atomic mass is 16.5. The quantitative estimate of drug-likeness (QED) is 0.562. The van der Waals surface area contributed by atoms with Crippen LogP contribution in [0, 0.1) is 0 Å².